The fourth-order valence-corrected chi connectivity index (χ4v) is 5.20. The standard InChI is InChI=1S/C21H21ClN2O4S2/c1-12-10-17(11-18(13(12)2)21(25)26)30(27,28)23-9-8-19-14(3)29-20(24-19)15-4-6-16(22)7-5-15/h4-7,10-11,23H,8-9H2,1-3H3,(H,25,26). The monoisotopic (exact) mass is 464 g/mol. The summed E-state index contributed by atoms with van der Waals surface area (Å²) in [6.07, 6.45) is 0.422. The van der Waals surface area contributed by atoms with Crippen LogP contribution in [0.15, 0.2) is 41.3 Å². The van der Waals surface area contributed by atoms with Crippen LogP contribution in [0.4, 0.5) is 0 Å². The fraction of sp³-hybridized carbons (Fsp3) is 0.238. The summed E-state index contributed by atoms with van der Waals surface area (Å²) < 4.78 is 27.9. The van der Waals surface area contributed by atoms with Gasteiger partial charge in [0, 0.05) is 28.4 Å². The highest BCUT2D eigenvalue weighted by molar-refractivity contribution is 7.89. The molecule has 0 aliphatic heterocycles. The Bertz CT molecular complexity index is 1200. The number of aromatic nitrogens is 1. The molecular weight excluding hydrogens is 444 g/mol. The zero-order valence-electron chi connectivity index (χ0n) is 16.7. The highest BCUT2D eigenvalue weighted by atomic mass is 35.5. The molecule has 3 aromatic rings. The van der Waals surface area contributed by atoms with E-state index in [1.54, 1.807) is 26.0 Å². The van der Waals surface area contributed by atoms with Crippen LogP contribution in [0.2, 0.25) is 5.02 Å². The minimum absolute atomic E-state index is 0.0154. The maximum Gasteiger partial charge on any atom is 0.336 e. The van der Waals surface area contributed by atoms with E-state index >= 15 is 0 Å². The van der Waals surface area contributed by atoms with Crippen LogP contribution in [0, 0.1) is 20.8 Å². The first-order chi connectivity index (χ1) is 14.1. The predicted octanol–water partition coefficient (Wildman–Crippen LogP) is 4.61. The summed E-state index contributed by atoms with van der Waals surface area (Å²) in [7, 11) is -3.84. The third kappa shape index (κ3) is 4.89. The van der Waals surface area contributed by atoms with Gasteiger partial charge in [0.25, 0.3) is 0 Å². The van der Waals surface area contributed by atoms with E-state index in [1.165, 1.54) is 23.5 Å². The molecule has 0 aliphatic rings. The fourth-order valence-electron chi connectivity index (χ4n) is 2.97. The van der Waals surface area contributed by atoms with Gasteiger partial charge in [0.15, 0.2) is 0 Å². The van der Waals surface area contributed by atoms with E-state index in [2.05, 4.69) is 9.71 Å². The summed E-state index contributed by atoms with van der Waals surface area (Å²) in [4.78, 5) is 17.0. The first-order valence-electron chi connectivity index (χ1n) is 9.15. The van der Waals surface area contributed by atoms with Crippen molar-refractivity contribution in [3.63, 3.8) is 0 Å². The molecule has 0 radical (unpaired) electrons. The van der Waals surface area contributed by atoms with Gasteiger partial charge in [-0.05, 0) is 56.2 Å². The molecular formula is C21H21ClN2O4S2. The Hall–Kier alpha value is -2.26. The lowest BCUT2D eigenvalue weighted by atomic mass is 10.0. The smallest absolute Gasteiger partial charge is 0.336 e. The third-order valence-electron chi connectivity index (χ3n) is 4.82. The maximum atomic E-state index is 12.7. The first kappa shape index (κ1) is 22.4. The normalized spacial score (nSPS) is 11.6. The molecule has 9 heteroatoms. The van der Waals surface area contributed by atoms with Crippen molar-refractivity contribution in [2.45, 2.75) is 32.1 Å². The number of halogens is 1. The minimum Gasteiger partial charge on any atom is -0.478 e. The zero-order valence-corrected chi connectivity index (χ0v) is 19.1. The second kappa shape index (κ2) is 8.85. The van der Waals surface area contributed by atoms with Crippen molar-refractivity contribution in [3.8, 4) is 10.6 Å². The van der Waals surface area contributed by atoms with E-state index in [0.717, 1.165) is 21.1 Å². The van der Waals surface area contributed by atoms with Crippen molar-refractivity contribution in [1.29, 1.82) is 0 Å². The van der Waals surface area contributed by atoms with E-state index in [9.17, 15) is 18.3 Å². The molecule has 0 fully saturated rings. The Kier molecular flexibility index (Phi) is 6.62. The van der Waals surface area contributed by atoms with Crippen LogP contribution in [-0.4, -0.2) is 31.0 Å². The lowest BCUT2D eigenvalue weighted by molar-refractivity contribution is 0.0695. The summed E-state index contributed by atoms with van der Waals surface area (Å²) in [5, 5.41) is 10.8. The lowest BCUT2D eigenvalue weighted by Crippen LogP contribution is -2.26. The first-order valence-corrected chi connectivity index (χ1v) is 11.8. The van der Waals surface area contributed by atoms with E-state index in [1.807, 2.05) is 19.1 Å². The number of carboxylic acid groups (broad SMARTS) is 1. The third-order valence-corrected chi connectivity index (χ3v) is 7.57. The van der Waals surface area contributed by atoms with Gasteiger partial charge in [0.1, 0.15) is 5.01 Å². The number of carboxylic acids is 1. The summed E-state index contributed by atoms with van der Waals surface area (Å²) in [6.45, 7) is 5.45. The Labute approximate surface area is 184 Å². The Balaban J connectivity index is 1.73. The minimum atomic E-state index is -3.84. The molecule has 2 aromatic carbocycles. The number of aryl methyl sites for hydroxylation is 2. The highest BCUT2D eigenvalue weighted by Gasteiger charge is 2.20. The molecule has 0 saturated heterocycles. The number of carbonyl (C=O) groups is 1. The molecule has 0 unspecified atom stereocenters. The van der Waals surface area contributed by atoms with E-state index in [-0.39, 0.29) is 17.0 Å². The number of sulfonamides is 1. The number of rotatable bonds is 7. The number of nitrogens with zero attached hydrogens (tertiary/aromatic N) is 1. The molecule has 0 amide bonds. The molecule has 2 N–H and O–H groups in total. The Morgan fingerprint density at radius 3 is 2.47 bits per heavy atom. The van der Waals surface area contributed by atoms with Crippen molar-refractivity contribution in [2.24, 2.45) is 0 Å². The van der Waals surface area contributed by atoms with Gasteiger partial charge in [0.05, 0.1) is 16.2 Å². The Morgan fingerprint density at radius 2 is 1.83 bits per heavy atom. The van der Waals surface area contributed by atoms with E-state index in [4.69, 9.17) is 11.6 Å². The van der Waals surface area contributed by atoms with Crippen LogP contribution < -0.4 is 4.72 Å². The quantitative estimate of drug-likeness (QED) is 0.532. The van der Waals surface area contributed by atoms with Crippen LogP contribution in [0.3, 0.4) is 0 Å². The van der Waals surface area contributed by atoms with Gasteiger partial charge in [-0.2, -0.15) is 0 Å². The van der Waals surface area contributed by atoms with Crippen LogP contribution in [0.25, 0.3) is 10.6 Å². The number of thiazole rings is 1. The maximum absolute atomic E-state index is 12.7. The van der Waals surface area contributed by atoms with Crippen LogP contribution in [0.1, 0.15) is 32.1 Å². The van der Waals surface area contributed by atoms with Crippen molar-refractivity contribution in [1.82, 2.24) is 9.71 Å². The molecule has 0 bridgehead atoms. The molecule has 0 atom stereocenters. The number of nitrogens with one attached hydrogen (secondary N) is 1. The van der Waals surface area contributed by atoms with Crippen molar-refractivity contribution < 1.29 is 18.3 Å². The molecule has 1 aromatic heterocycles. The van der Waals surface area contributed by atoms with E-state index < -0.39 is 16.0 Å². The van der Waals surface area contributed by atoms with Crippen molar-refractivity contribution in [3.05, 3.63) is 68.7 Å². The summed E-state index contributed by atoms with van der Waals surface area (Å²) in [5.74, 6) is -1.15. The SMILES string of the molecule is Cc1cc(S(=O)(=O)NCCc2nc(-c3ccc(Cl)cc3)sc2C)cc(C(=O)O)c1C. The van der Waals surface area contributed by atoms with Crippen LogP contribution in [-0.2, 0) is 16.4 Å². The molecule has 0 spiro atoms. The van der Waals surface area contributed by atoms with E-state index in [0.29, 0.717) is 22.6 Å². The number of benzene rings is 2. The molecule has 158 valence electrons. The summed E-state index contributed by atoms with van der Waals surface area (Å²) in [6, 6.07) is 10.1. The summed E-state index contributed by atoms with van der Waals surface area (Å²) >= 11 is 7.47. The number of hydrogen-bond acceptors (Lipinski definition) is 5. The van der Waals surface area contributed by atoms with Gasteiger partial charge in [-0.1, -0.05) is 23.7 Å². The molecule has 0 aliphatic carbocycles. The number of aromatic carboxylic acids is 1. The topological polar surface area (TPSA) is 96.4 Å². The van der Waals surface area contributed by atoms with Crippen molar-refractivity contribution >= 4 is 38.9 Å². The van der Waals surface area contributed by atoms with Gasteiger partial charge in [-0.25, -0.2) is 22.9 Å². The van der Waals surface area contributed by atoms with Gasteiger partial charge in [-0.15, -0.1) is 11.3 Å². The summed E-state index contributed by atoms with van der Waals surface area (Å²) in [5.41, 5.74) is 2.92. The molecule has 0 saturated carbocycles. The van der Waals surface area contributed by atoms with Crippen LogP contribution >= 0.6 is 22.9 Å². The average molecular weight is 465 g/mol. The average Bonchev–Trinajstić information content (AvgIpc) is 3.04. The molecule has 1 heterocycles. The van der Waals surface area contributed by atoms with Gasteiger partial charge >= 0.3 is 5.97 Å². The second-order valence-corrected chi connectivity index (χ2v) is 10.3. The largest absolute Gasteiger partial charge is 0.478 e. The van der Waals surface area contributed by atoms with Gasteiger partial charge < -0.3 is 5.11 Å². The van der Waals surface area contributed by atoms with Crippen LogP contribution in [0.5, 0.6) is 0 Å². The predicted molar refractivity (Wildman–Crippen MR) is 119 cm³/mol. The van der Waals surface area contributed by atoms with Gasteiger partial charge in [-0.3, -0.25) is 0 Å². The Morgan fingerprint density at radius 1 is 1.17 bits per heavy atom. The zero-order chi connectivity index (χ0) is 22.1. The second-order valence-electron chi connectivity index (χ2n) is 6.89. The number of hydrogen-bond donors (Lipinski definition) is 2. The van der Waals surface area contributed by atoms with Gasteiger partial charge in [0.2, 0.25) is 10.0 Å². The molecule has 6 nitrogen and oxygen atoms in total. The highest BCUT2D eigenvalue weighted by Crippen LogP contribution is 2.29. The van der Waals surface area contributed by atoms with Crippen molar-refractivity contribution in [2.75, 3.05) is 6.54 Å². The molecule has 30 heavy (non-hydrogen) atoms. The molecule has 3 rings (SSSR count). The lowest BCUT2D eigenvalue weighted by Gasteiger charge is -2.11.